The van der Waals surface area contributed by atoms with Crippen LogP contribution in [0.1, 0.15) is 42.6 Å². The van der Waals surface area contributed by atoms with E-state index < -0.39 is 30.5 Å². The van der Waals surface area contributed by atoms with E-state index in [0.717, 1.165) is 5.56 Å². The second-order valence-electron chi connectivity index (χ2n) is 9.01. The first-order chi connectivity index (χ1) is 16.6. The zero-order chi connectivity index (χ0) is 25.6. The average molecular weight is 520 g/mol. The quantitative estimate of drug-likeness (QED) is 0.359. The lowest BCUT2D eigenvalue weighted by atomic mass is 9.74. The third-order valence-electron chi connectivity index (χ3n) is 5.61. The van der Waals surface area contributed by atoms with Crippen molar-refractivity contribution in [1.82, 2.24) is 10.6 Å². The molecule has 186 valence electrons. The Balaban J connectivity index is 1.74. The minimum atomic E-state index is -1.72. The topological polar surface area (TPSA) is 120 Å². The molecule has 0 aliphatic carbocycles. The summed E-state index contributed by atoms with van der Waals surface area (Å²) in [5.74, 6) is -1.70. The Bertz CT molecular complexity index is 1080. The molecule has 0 bridgehead atoms. The Morgan fingerprint density at radius 1 is 1.17 bits per heavy atom. The van der Waals surface area contributed by atoms with Gasteiger partial charge in [0.05, 0.1) is 28.8 Å². The summed E-state index contributed by atoms with van der Waals surface area (Å²) in [5.41, 5.74) is 0.117. The lowest BCUT2D eigenvalue weighted by molar-refractivity contribution is -0.144. The van der Waals surface area contributed by atoms with Gasteiger partial charge in [0.15, 0.2) is 0 Å². The van der Waals surface area contributed by atoms with Crippen LogP contribution < -0.4 is 10.6 Å². The van der Waals surface area contributed by atoms with Crippen LogP contribution in [0.25, 0.3) is 0 Å². The first kappa shape index (κ1) is 27.0. The molecule has 1 aliphatic rings. The largest absolute Gasteiger partial charge is 0.475 e. The Labute approximate surface area is 214 Å². The highest BCUT2D eigenvalue weighted by atomic mass is 35.5. The van der Waals surface area contributed by atoms with Gasteiger partial charge in [0, 0.05) is 17.9 Å². The molecule has 2 aromatic carbocycles. The molecule has 3 rings (SSSR count). The van der Waals surface area contributed by atoms with E-state index in [1.54, 1.807) is 6.07 Å². The highest BCUT2D eigenvalue weighted by Gasteiger charge is 2.48. The van der Waals surface area contributed by atoms with Crippen LogP contribution in [-0.2, 0) is 16.1 Å². The van der Waals surface area contributed by atoms with Crippen molar-refractivity contribution < 1.29 is 24.5 Å². The number of benzene rings is 2. The number of amides is 2. The first-order valence-electron chi connectivity index (χ1n) is 11.3. The normalized spacial score (nSPS) is 18.0. The van der Waals surface area contributed by atoms with Gasteiger partial charge < -0.3 is 25.5 Å². The van der Waals surface area contributed by atoms with E-state index in [4.69, 9.17) is 28.0 Å². The molecule has 0 fully saturated rings. The van der Waals surface area contributed by atoms with Crippen LogP contribution in [0.5, 0.6) is 0 Å². The molecule has 0 saturated carbocycles. The van der Waals surface area contributed by atoms with Crippen LogP contribution in [0.15, 0.2) is 53.7 Å². The summed E-state index contributed by atoms with van der Waals surface area (Å²) in [6.45, 7) is 3.87. The number of hydrogen-bond donors (Lipinski definition) is 4. The van der Waals surface area contributed by atoms with Crippen molar-refractivity contribution in [3.05, 3.63) is 69.7 Å². The Hall–Kier alpha value is -2.59. The van der Waals surface area contributed by atoms with Crippen molar-refractivity contribution in [2.45, 2.75) is 44.7 Å². The molecule has 4 N–H and O–H groups in total. The number of nitrogens with zero attached hydrogens (tertiary/aromatic N) is 1. The second kappa shape index (κ2) is 11.9. The highest BCUT2D eigenvalue weighted by Crippen LogP contribution is 2.29. The number of hydrogen-bond acceptors (Lipinski definition) is 6. The van der Waals surface area contributed by atoms with E-state index in [-0.39, 0.29) is 35.9 Å². The number of carbonyl (C=O) groups is 2. The number of nitrogens with one attached hydrogen (secondary N) is 2. The molecule has 2 amide bonds. The van der Waals surface area contributed by atoms with Crippen LogP contribution in [0, 0.1) is 5.92 Å². The summed E-state index contributed by atoms with van der Waals surface area (Å²) in [4.78, 5) is 31.7. The summed E-state index contributed by atoms with van der Waals surface area (Å²) < 4.78 is 0. The molecule has 11 heteroatoms. The van der Waals surface area contributed by atoms with E-state index in [1.807, 2.05) is 44.2 Å². The molecule has 2 aromatic rings. The number of halogens is 2. The van der Waals surface area contributed by atoms with Gasteiger partial charge in [-0.25, -0.2) is 0 Å². The maximum atomic E-state index is 13.4. The lowest BCUT2D eigenvalue weighted by Crippen LogP contribution is -2.56. The summed E-state index contributed by atoms with van der Waals surface area (Å²) in [6, 6.07) is 13.9. The summed E-state index contributed by atoms with van der Waals surface area (Å²) in [6.07, 6.45) is 0.679. The van der Waals surface area contributed by atoms with Crippen molar-refractivity contribution in [1.29, 1.82) is 0 Å². The van der Waals surface area contributed by atoms with Gasteiger partial charge >= 0.3 is 7.12 Å². The zero-order valence-electron chi connectivity index (χ0n) is 19.5. The summed E-state index contributed by atoms with van der Waals surface area (Å²) in [5, 5.41) is 29.7. The second-order valence-corrected chi connectivity index (χ2v) is 9.86. The van der Waals surface area contributed by atoms with E-state index in [9.17, 15) is 19.6 Å². The third-order valence-corrected chi connectivity index (χ3v) is 6.18. The molecule has 35 heavy (non-hydrogen) atoms. The van der Waals surface area contributed by atoms with Crippen molar-refractivity contribution in [2.75, 3.05) is 6.54 Å². The van der Waals surface area contributed by atoms with E-state index in [2.05, 4.69) is 15.8 Å². The fourth-order valence-corrected chi connectivity index (χ4v) is 4.25. The molecule has 1 heterocycles. The molecule has 0 radical (unpaired) electrons. The van der Waals surface area contributed by atoms with E-state index in [1.165, 1.54) is 12.1 Å². The predicted octanol–water partition coefficient (Wildman–Crippen LogP) is 3.02. The van der Waals surface area contributed by atoms with Gasteiger partial charge in [0.2, 0.25) is 5.60 Å². The monoisotopic (exact) mass is 519 g/mol. The molecule has 0 aromatic heterocycles. The van der Waals surface area contributed by atoms with E-state index in [0.29, 0.717) is 17.2 Å². The smallest absolute Gasteiger partial charge is 0.426 e. The molecule has 8 nitrogen and oxygen atoms in total. The van der Waals surface area contributed by atoms with E-state index >= 15 is 0 Å². The van der Waals surface area contributed by atoms with Gasteiger partial charge in [-0.15, -0.1) is 0 Å². The van der Waals surface area contributed by atoms with Crippen LogP contribution in [0.4, 0.5) is 0 Å². The summed E-state index contributed by atoms with van der Waals surface area (Å²) >= 11 is 12.1. The maximum Gasteiger partial charge on any atom is 0.475 e. The van der Waals surface area contributed by atoms with Gasteiger partial charge in [-0.2, -0.15) is 0 Å². The van der Waals surface area contributed by atoms with Crippen LogP contribution in [0.2, 0.25) is 10.0 Å². The van der Waals surface area contributed by atoms with Gasteiger partial charge in [0.25, 0.3) is 11.8 Å². The predicted molar refractivity (Wildman–Crippen MR) is 136 cm³/mol. The van der Waals surface area contributed by atoms with Gasteiger partial charge in [-0.3, -0.25) is 9.59 Å². The van der Waals surface area contributed by atoms with Crippen molar-refractivity contribution in [3.63, 3.8) is 0 Å². The van der Waals surface area contributed by atoms with Crippen molar-refractivity contribution >= 4 is 47.8 Å². The molecular weight excluding hydrogens is 492 g/mol. The fourth-order valence-electron chi connectivity index (χ4n) is 3.88. The summed E-state index contributed by atoms with van der Waals surface area (Å²) in [7, 11) is -1.72. The number of rotatable bonds is 10. The third kappa shape index (κ3) is 7.21. The lowest BCUT2D eigenvalue weighted by Gasteiger charge is -2.29. The number of carbonyl (C=O) groups excluding carboxylic acids is 2. The number of oxime groups is 1. The molecule has 1 unspecified atom stereocenters. The molecule has 0 saturated heterocycles. The van der Waals surface area contributed by atoms with Gasteiger partial charge in [0.1, 0.15) is 0 Å². The standard InChI is InChI=1S/C24H28BCl2N3O5/c1-15(2)10-21(25(33)34)29-23(32)24(12-16-6-4-3-5-7-16)13-18(30-35-24)14-28-22(31)19-11-17(26)8-9-20(19)27/h3-9,11,15,21,33-34H,10,12-14H2,1-2H3,(H,28,31)(H,29,32)/t21-,24?/m0/s1. The van der Waals surface area contributed by atoms with Gasteiger partial charge in [-0.05, 0) is 36.1 Å². The maximum absolute atomic E-state index is 13.4. The van der Waals surface area contributed by atoms with Gasteiger partial charge in [-0.1, -0.05) is 72.5 Å². The Morgan fingerprint density at radius 2 is 1.89 bits per heavy atom. The molecular formula is C24H28BCl2N3O5. The minimum Gasteiger partial charge on any atom is -0.426 e. The minimum absolute atomic E-state index is 0.0313. The fraction of sp³-hybridized carbons (Fsp3) is 0.375. The Kier molecular flexibility index (Phi) is 9.18. The molecule has 2 atom stereocenters. The molecule has 1 aliphatic heterocycles. The van der Waals surface area contributed by atoms with Crippen LogP contribution in [-0.4, -0.2) is 52.8 Å². The van der Waals surface area contributed by atoms with Crippen molar-refractivity contribution in [2.24, 2.45) is 11.1 Å². The highest BCUT2D eigenvalue weighted by molar-refractivity contribution is 6.43. The molecule has 0 spiro atoms. The Morgan fingerprint density at radius 3 is 2.54 bits per heavy atom. The SMILES string of the molecule is CC(C)C[C@H](NC(=O)C1(Cc2ccccc2)CC(CNC(=O)c2cc(Cl)ccc2Cl)=NO1)B(O)O. The zero-order valence-corrected chi connectivity index (χ0v) is 21.0. The first-order valence-corrected chi connectivity index (χ1v) is 12.0. The van der Waals surface area contributed by atoms with Crippen molar-refractivity contribution in [3.8, 4) is 0 Å². The average Bonchev–Trinajstić information content (AvgIpc) is 3.23. The van der Waals surface area contributed by atoms with Crippen LogP contribution in [0.3, 0.4) is 0 Å². The van der Waals surface area contributed by atoms with Crippen LogP contribution >= 0.6 is 23.2 Å².